The van der Waals surface area contributed by atoms with Gasteiger partial charge in [0, 0.05) is 18.4 Å². The van der Waals surface area contributed by atoms with Crippen LogP contribution in [-0.4, -0.2) is 24.8 Å². The maximum absolute atomic E-state index is 13.0. The van der Waals surface area contributed by atoms with Crippen LogP contribution in [0.5, 0.6) is 5.75 Å². The lowest BCUT2D eigenvalue weighted by molar-refractivity contribution is -0.121. The van der Waals surface area contributed by atoms with Crippen LogP contribution < -0.4 is 15.0 Å². The number of methoxy groups -OCH3 is 1. The number of anilines is 1. The van der Waals surface area contributed by atoms with Crippen molar-refractivity contribution < 1.29 is 19.1 Å². The van der Waals surface area contributed by atoms with Crippen LogP contribution in [0, 0.1) is 0 Å². The predicted molar refractivity (Wildman–Crippen MR) is 117 cm³/mol. The number of rotatable bonds is 6. The summed E-state index contributed by atoms with van der Waals surface area (Å²) in [7, 11) is 1.61. The number of hydrogen-bond acceptors (Lipinski definition) is 4. The fraction of sp³-hybridized carbons (Fsp3) is 0.160. The van der Waals surface area contributed by atoms with E-state index in [0.29, 0.717) is 11.3 Å². The lowest BCUT2D eigenvalue weighted by atomic mass is 9.98. The Bertz CT molecular complexity index is 1080. The van der Waals surface area contributed by atoms with Gasteiger partial charge in [-0.05, 0) is 47.5 Å². The molecule has 4 rings (SSSR count). The molecule has 3 aromatic carbocycles. The highest BCUT2D eigenvalue weighted by Gasteiger charge is 2.30. The Morgan fingerprint density at radius 2 is 1.42 bits per heavy atom. The third-order valence-electron chi connectivity index (χ3n) is 5.30. The molecule has 1 N–H and O–H groups in total. The molecule has 6 heteroatoms. The number of amides is 3. The molecule has 1 aliphatic rings. The van der Waals surface area contributed by atoms with Crippen molar-refractivity contribution in [2.75, 3.05) is 12.0 Å². The summed E-state index contributed by atoms with van der Waals surface area (Å²) in [5.74, 6) is 0.0514. The zero-order valence-electron chi connectivity index (χ0n) is 17.1. The monoisotopic (exact) mass is 414 g/mol. The summed E-state index contributed by atoms with van der Waals surface area (Å²) < 4.78 is 5.23. The molecule has 0 spiro atoms. The number of nitrogens with one attached hydrogen (secondary N) is 1. The molecule has 0 saturated carbocycles. The Hall–Kier alpha value is -3.93. The molecule has 156 valence electrons. The number of imide groups is 1. The molecule has 1 saturated heterocycles. The summed E-state index contributed by atoms with van der Waals surface area (Å²) in [5.41, 5.74) is 2.80. The van der Waals surface area contributed by atoms with Gasteiger partial charge in [-0.1, -0.05) is 42.5 Å². The number of benzene rings is 3. The highest BCUT2D eigenvalue weighted by Crippen LogP contribution is 2.26. The van der Waals surface area contributed by atoms with Crippen molar-refractivity contribution in [2.24, 2.45) is 0 Å². The molecule has 3 aromatic rings. The van der Waals surface area contributed by atoms with E-state index in [4.69, 9.17) is 4.74 Å². The topological polar surface area (TPSA) is 75.7 Å². The van der Waals surface area contributed by atoms with Gasteiger partial charge in [-0.2, -0.15) is 0 Å². The SMILES string of the molecule is COc1ccc([C@@H](NC(=O)c2ccc(N3C(=O)CCC3=O)cc2)c2ccccc2)cc1. The molecule has 31 heavy (non-hydrogen) atoms. The van der Waals surface area contributed by atoms with Crippen LogP contribution in [0.4, 0.5) is 5.69 Å². The maximum Gasteiger partial charge on any atom is 0.252 e. The van der Waals surface area contributed by atoms with E-state index < -0.39 is 0 Å². The van der Waals surface area contributed by atoms with Crippen LogP contribution in [-0.2, 0) is 9.59 Å². The average molecular weight is 414 g/mol. The minimum Gasteiger partial charge on any atom is -0.497 e. The molecule has 1 atom stereocenters. The number of nitrogens with zero attached hydrogens (tertiary/aromatic N) is 1. The fourth-order valence-corrected chi connectivity index (χ4v) is 3.64. The van der Waals surface area contributed by atoms with E-state index in [0.717, 1.165) is 16.9 Å². The van der Waals surface area contributed by atoms with E-state index in [9.17, 15) is 14.4 Å². The van der Waals surface area contributed by atoms with Gasteiger partial charge < -0.3 is 10.1 Å². The smallest absolute Gasteiger partial charge is 0.252 e. The Balaban J connectivity index is 1.57. The number of hydrogen-bond donors (Lipinski definition) is 1. The van der Waals surface area contributed by atoms with E-state index in [-0.39, 0.29) is 36.6 Å². The first-order chi connectivity index (χ1) is 15.1. The second-order valence-electron chi connectivity index (χ2n) is 7.26. The van der Waals surface area contributed by atoms with Gasteiger partial charge in [-0.25, -0.2) is 0 Å². The predicted octanol–water partition coefficient (Wildman–Crippen LogP) is 3.87. The average Bonchev–Trinajstić information content (AvgIpc) is 3.16. The van der Waals surface area contributed by atoms with E-state index in [1.165, 1.54) is 4.90 Å². The van der Waals surface area contributed by atoms with Crippen LogP contribution in [0.2, 0.25) is 0 Å². The summed E-state index contributed by atoms with van der Waals surface area (Å²) in [6, 6.07) is 23.4. The van der Waals surface area contributed by atoms with Crippen LogP contribution >= 0.6 is 0 Å². The molecular weight excluding hydrogens is 392 g/mol. The fourth-order valence-electron chi connectivity index (χ4n) is 3.64. The van der Waals surface area contributed by atoms with Gasteiger partial charge in [0.2, 0.25) is 11.8 Å². The quantitative estimate of drug-likeness (QED) is 0.622. The molecule has 0 unspecified atom stereocenters. The Morgan fingerprint density at radius 1 is 0.839 bits per heavy atom. The molecule has 1 heterocycles. The van der Waals surface area contributed by atoms with Crippen molar-refractivity contribution in [1.29, 1.82) is 0 Å². The highest BCUT2D eigenvalue weighted by molar-refractivity contribution is 6.19. The summed E-state index contributed by atoms with van der Waals surface area (Å²) >= 11 is 0. The van der Waals surface area contributed by atoms with Gasteiger partial charge in [-0.3, -0.25) is 19.3 Å². The van der Waals surface area contributed by atoms with Crippen LogP contribution in [0.15, 0.2) is 78.9 Å². The summed E-state index contributed by atoms with van der Waals surface area (Å²) in [6.07, 6.45) is 0.448. The van der Waals surface area contributed by atoms with Gasteiger partial charge >= 0.3 is 0 Å². The van der Waals surface area contributed by atoms with E-state index in [1.807, 2.05) is 54.6 Å². The first-order valence-electron chi connectivity index (χ1n) is 10.0. The van der Waals surface area contributed by atoms with Gasteiger partial charge in [0.15, 0.2) is 0 Å². The Morgan fingerprint density at radius 3 is 2.00 bits per heavy atom. The summed E-state index contributed by atoms with van der Waals surface area (Å²) in [6.45, 7) is 0. The third kappa shape index (κ3) is 4.33. The minimum atomic E-state index is -0.346. The summed E-state index contributed by atoms with van der Waals surface area (Å²) in [4.78, 5) is 38.0. The van der Waals surface area contributed by atoms with Crippen LogP contribution in [0.25, 0.3) is 0 Å². The standard InChI is InChI=1S/C25H22N2O4/c1-31-21-13-9-18(10-14-21)24(17-5-3-2-4-6-17)26-25(30)19-7-11-20(12-8-19)27-22(28)15-16-23(27)29/h2-14,24H,15-16H2,1H3,(H,26,30)/t24-/m0/s1. The lowest BCUT2D eigenvalue weighted by Crippen LogP contribution is -2.30. The molecule has 3 amide bonds. The Kier molecular flexibility index (Phi) is 5.80. The largest absolute Gasteiger partial charge is 0.497 e. The van der Waals surface area contributed by atoms with Gasteiger partial charge in [0.25, 0.3) is 5.91 Å². The van der Waals surface area contributed by atoms with Gasteiger partial charge in [0.1, 0.15) is 5.75 Å². The van der Waals surface area contributed by atoms with E-state index in [1.54, 1.807) is 31.4 Å². The van der Waals surface area contributed by atoms with Crippen molar-refractivity contribution in [3.05, 3.63) is 95.6 Å². The first-order valence-corrected chi connectivity index (χ1v) is 10.0. The van der Waals surface area contributed by atoms with Gasteiger partial charge in [0.05, 0.1) is 18.8 Å². The molecule has 0 aliphatic carbocycles. The van der Waals surface area contributed by atoms with Crippen LogP contribution in [0.1, 0.15) is 40.4 Å². The maximum atomic E-state index is 13.0. The molecule has 1 fully saturated rings. The zero-order chi connectivity index (χ0) is 21.8. The van der Waals surface area contributed by atoms with Crippen molar-refractivity contribution >= 4 is 23.4 Å². The number of ether oxygens (including phenoxy) is 1. The molecule has 1 aliphatic heterocycles. The van der Waals surface area contributed by atoms with Gasteiger partial charge in [-0.15, -0.1) is 0 Å². The molecule has 0 radical (unpaired) electrons. The third-order valence-corrected chi connectivity index (χ3v) is 5.30. The second kappa shape index (κ2) is 8.83. The Labute approximate surface area is 180 Å². The van der Waals surface area contributed by atoms with Crippen molar-refractivity contribution in [3.8, 4) is 5.75 Å². The summed E-state index contributed by atoms with van der Waals surface area (Å²) in [5, 5.41) is 3.08. The van der Waals surface area contributed by atoms with Crippen LogP contribution in [0.3, 0.4) is 0 Å². The molecule has 0 bridgehead atoms. The van der Waals surface area contributed by atoms with Crippen molar-refractivity contribution in [1.82, 2.24) is 5.32 Å². The first kappa shape index (κ1) is 20.3. The molecule has 6 nitrogen and oxygen atoms in total. The highest BCUT2D eigenvalue weighted by atomic mass is 16.5. The lowest BCUT2D eigenvalue weighted by Gasteiger charge is -2.20. The normalized spacial score (nSPS) is 14.4. The van der Waals surface area contributed by atoms with E-state index >= 15 is 0 Å². The number of carbonyl (C=O) groups excluding carboxylic acids is 3. The van der Waals surface area contributed by atoms with Crippen molar-refractivity contribution in [2.45, 2.75) is 18.9 Å². The minimum absolute atomic E-state index is 0.217. The van der Waals surface area contributed by atoms with E-state index in [2.05, 4.69) is 5.32 Å². The van der Waals surface area contributed by atoms with Crippen molar-refractivity contribution in [3.63, 3.8) is 0 Å². The number of carbonyl (C=O) groups is 3. The second-order valence-corrected chi connectivity index (χ2v) is 7.26. The molecular formula is C25H22N2O4. The molecule has 0 aromatic heterocycles. The zero-order valence-corrected chi connectivity index (χ0v) is 17.1.